The normalized spacial score (nSPS) is 14.0. The smallest absolute Gasteiger partial charge is 0.349 e. The molecule has 0 spiro atoms. The third-order valence-corrected chi connectivity index (χ3v) is 4.34. The second-order valence-electron chi connectivity index (χ2n) is 5.95. The number of alkyl halides is 3. The summed E-state index contributed by atoms with van der Waals surface area (Å²) >= 11 is 11.5. The van der Waals surface area contributed by atoms with Gasteiger partial charge in [-0.2, -0.15) is 13.2 Å². The Morgan fingerprint density at radius 2 is 1.78 bits per heavy atom. The van der Waals surface area contributed by atoms with E-state index in [1.807, 2.05) is 0 Å². The highest BCUT2D eigenvalue weighted by atomic mass is 35.5. The van der Waals surface area contributed by atoms with Crippen molar-refractivity contribution in [2.45, 2.75) is 25.1 Å². The molecule has 2 aromatic rings. The maximum absolute atomic E-state index is 13.1. The number of pyridine rings is 1. The van der Waals surface area contributed by atoms with Crippen LogP contribution in [0.5, 0.6) is 0 Å². The maximum Gasteiger partial charge on any atom is 0.417 e. The van der Waals surface area contributed by atoms with Gasteiger partial charge in [0, 0.05) is 17.9 Å². The first-order chi connectivity index (χ1) is 12.6. The van der Waals surface area contributed by atoms with Gasteiger partial charge < -0.3 is 10.6 Å². The van der Waals surface area contributed by atoms with Crippen LogP contribution in [0.15, 0.2) is 30.5 Å². The number of hydrogen-bond donors (Lipinski definition) is 2. The van der Waals surface area contributed by atoms with Crippen molar-refractivity contribution in [3.05, 3.63) is 57.3 Å². The number of aromatic nitrogens is 1. The van der Waals surface area contributed by atoms with Crippen molar-refractivity contribution < 1.29 is 22.8 Å². The first-order valence-electron chi connectivity index (χ1n) is 7.79. The van der Waals surface area contributed by atoms with E-state index in [4.69, 9.17) is 23.2 Å². The van der Waals surface area contributed by atoms with Gasteiger partial charge >= 0.3 is 6.18 Å². The molecule has 2 N–H and O–H groups in total. The van der Waals surface area contributed by atoms with E-state index >= 15 is 0 Å². The molecular weight excluding hydrogens is 406 g/mol. The highest BCUT2D eigenvalue weighted by Gasteiger charge is 2.36. The van der Waals surface area contributed by atoms with Crippen LogP contribution in [0.3, 0.4) is 0 Å². The lowest BCUT2D eigenvalue weighted by molar-refractivity contribution is -0.137. The van der Waals surface area contributed by atoms with Gasteiger partial charge in [-0.3, -0.25) is 9.59 Å². The number of benzene rings is 1. The Hall–Kier alpha value is -2.32. The van der Waals surface area contributed by atoms with Gasteiger partial charge in [0.2, 0.25) is 0 Å². The van der Waals surface area contributed by atoms with E-state index < -0.39 is 29.1 Å². The molecule has 10 heteroatoms. The largest absolute Gasteiger partial charge is 0.417 e. The Kier molecular flexibility index (Phi) is 5.30. The van der Waals surface area contributed by atoms with Gasteiger partial charge in [0.1, 0.15) is 5.15 Å². The van der Waals surface area contributed by atoms with Crippen LogP contribution in [0, 0.1) is 0 Å². The molecule has 0 saturated heterocycles. The van der Waals surface area contributed by atoms with Crippen LogP contribution in [-0.2, 0) is 6.18 Å². The van der Waals surface area contributed by atoms with Gasteiger partial charge in [0.05, 0.1) is 21.7 Å². The molecular formula is C17H12Cl2F3N3O2. The van der Waals surface area contributed by atoms with Gasteiger partial charge in [0.15, 0.2) is 0 Å². The molecule has 0 atom stereocenters. The molecule has 1 aromatic heterocycles. The molecule has 1 aliphatic rings. The van der Waals surface area contributed by atoms with Crippen LogP contribution in [-0.4, -0.2) is 22.8 Å². The summed E-state index contributed by atoms with van der Waals surface area (Å²) in [5.74, 6) is -1.45. The Morgan fingerprint density at radius 1 is 1.07 bits per heavy atom. The standard InChI is InChI=1S/C17H12Cl2F3N3O2/c18-13-4-3-9(5-10(13)15(26)24-8-1-2-8)25-16(27)11-7-23-14(19)6-12(11)17(20,21)22/h3-8H,1-2H2,(H,24,26)(H,25,27). The Morgan fingerprint density at radius 3 is 2.41 bits per heavy atom. The second-order valence-corrected chi connectivity index (χ2v) is 6.74. The third-order valence-electron chi connectivity index (χ3n) is 3.80. The number of nitrogens with zero attached hydrogens (tertiary/aromatic N) is 1. The molecule has 0 bridgehead atoms. The lowest BCUT2D eigenvalue weighted by Crippen LogP contribution is -2.26. The van der Waals surface area contributed by atoms with Crippen molar-refractivity contribution >= 4 is 40.7 Å². The molecule has 1 fully saturated rings. The van der Waals surface area contributed by atoms with E-state index in [1.54, 1.807) is 0 Å². The second kappa shape index (κ2) is 7.36. The maximum atomic E-state index is 13.1. The SMILES string of the molecule is O=C(NC1CC1)c1cc(NC(=O)c2cnc(Cl)cc2C(F)(F)F)ccc1Cl. The van der Waals surface area contributed by atoms with Crippen LogP contribution in [0.4, 0.5) is 18.9 Å². The average molecular weight is 418 g/mol. The summed E-state index contributed by atoms with van der Waals surface area (Å²) in [7, 11) is 0. The zero-order chi connectivity index (χ0) is 19.8. The van der Waals surface area contributed by atoms with Crippen molar-refractivity contribution in [2.75, 3.05) is 5.32 Å². The van der Waals surface area contributed by atoms with E-state index in [9.17, 15) is 22.8 Å². The highest BCUT2D eigenvalue weighted by Crippen LogP contribution is 2.33. The van der Waals surface area contributed by atoms with Crippen molar-refractivity contribution in [3.63, 3.8) is 0 Å². The third kappa shape index (κ3) is 4.70. The Labute approximate surface area is 161 Å². The van der Waals surface area contributed by atoms with Gasteiger partial charge in [-0.05, 0) is 37.1 Å². The van der Waals surface area contributed by atoms with Gasteiger partial charge in [-0.25, -0.2) is 4.98 Å². The van der Waals surface area contributed by atoms with Crippen molar-refractivity contribution in [1.82, 2.24) is 10.3 Å². The number of halogens is 5. The van der Waals surface area contributed by atoms with Crippen LogP contribution >= 0.6 is 23.2 Å². The number of anilines is 1. The van der Waals surface area contributed by atoms with Gasteiger partial charge in [-0.1, -0.05) is 23.2 Å². The lowest BCUT2D eigenvalue weighted by Gasteiger charge is -2.13. The summed E-state index contributed by atoms with van der Waals surface area (Å²) in [6.07, 6.45) is -2.28. The topological polar surface area (TPSA) is 71.1 Å². The summed E-state index contributed by atoms with van der Waals surface area (Å²) in [5, 5.41) is 4.85. The van der Waals surface area contributed by atoms with Crippen LogP contribution in [0.1, 0.15) is 39.1 Å². The van der Waals surface area contributed by atoms with Crippen LogP contribution in [0.25, 0.3) is 0 Å². The number of rotatable bonds is 4. The molecule has 142 valence electrons. The predicted molar refractivity (Wildman–Crippen MR) is 94.1 cm³/mol. The molecule has 1 heterocycles. The molecule has 0 aliphatic heterocycles. The number of carbonyl (C=O) groups is 2. The van der Waals surface area contributed by atoms with Crippen LogP contribution in [0.2, 0.25) is 10.2 Å². The number of hydrogen-bond acceptors (Lipinski definition) is 3. The molecule has 3 rings (SSSR count). The summed E-state index contributed by atoms with van der Waals surface area (Å²) in [4.78, 5) is 28.0. The molecule has 5 nitrogen and oxygen atoms in total. The summed E-state index contributed by atoms with van der Waals surface area (Å²) in [5.41, 5.74) is -1.66. The summed E-state index contributed by atoms with van der Waals surface area (Å²) < 4.78 is 39.4. The molecule has 1 aliphatic carbocycles. The molecule has 0 radical (unpaired) electrons. The van der Waals surface area contributed by atoms with Crippen molar-refractivity contribution in [3.8, 4) is 0 Å². The predicted octanol–water partition coefficient (Wildman–Crippen LogP) is 4.55. The monoisotopic (exact) mass is 417 g/mol. The lowest BCUT2D eigenvalue weighted by atomic mass is 10.1. The first-order valence-corrected chi connectivity index (χ1v) is 8.55. The molecule has 1 aromatic carbocycles. The van der Waals surface area contributed by atoms with Gasteiger partial charge in [0.25, 0.3) is 11.8 Å². The Balaban J connectivity index is 1.85. The minimum absolute atomic E-state index is 0.0984. The fourth-order valence-electron chi connectivity index (χ4n) is 2.31. The van der Waals surface area contributed by atoms with E-state index in [0.29, 0.717) is 6.07 Å². The van der Waals surface area contributed by atoms with Crippen molar-refractivity contribution in [1.29, 1.82) is 0 Å². The highest BCUT2D eigenvalue weighted by molar-refractivity contribution is 6.34. The zero-order valence-electron chi connectivity index (χ0n) is 13.5. The minimum atomic E-state index is -4.78. The number of nitrogens with one attached hydrogen (secondary N) is 2. The Bertz CT molecular complexity index is 915. The van der Waals surface area contributed by atoms with Crippen molar-refractivity contribution in [2.24, 2.45) is 0 Å². The molecule has 1 saturated carbocycles. The summed E-state index contributed by atoms with van der Waals surface area (Å²) in [6, 6.07) is 4.73. The van der Waals surface area contributed by atoms with E-state index in [0.717, 1.165) is 19.0 Å². The van der Waals surface area contributed by atoms with Gasteiger partial charge in [-0.15, -0.1) is 0 Å². The molecule has 0 unspecified atom stereocenters. The molecule has 27 heavy (non-hydrogen) atoms. The number of carbonyl (C=O) groups excluding carboxylic acids is 2. The fraction of sp³-hybridized carbons (Fsp3) is 0.235. The number of amides is 2. The average Bonchev–Trinajstić information content (AvgIpc) is 3.39. The quantitative estimate of drug-likeness (QED) is 0.716. The first kappa shape index (κ1) is 19.4. The minimum Gasteiger partial charge on any atom is -0.349 e. The van der Waals surface area contributed by atoms with Crippen LogP contribution < -0.4 is 10.6 Å². The summed E-state index contributed by atoms with van der Waals surface area (Å²) in [6.45, 7) is 0. The van der Waals surface area contributed by atoms with E-state index in [-0.39, 0.29) is 27.5 Å². The zero-order valence-corrected chi connectivity index (χ0v) is 15.0. The van der Waals surface area contributed by atoms with E-state index in [2.05, 4.69) is 15.6 Å². The molecule has 2 amide bonds. The van der Waals surface area contributed by atoms with E-state index in [1.165, 1.54) is 18.2 Å². The fourth-order valence-corrected chi connectivity index (χ4v) is 2.67.